The van der Waals surface area contributed by atoms with Gasteiger partial charge < -0.3 is 9.88 Å². The topological polar surface area (TPSA) is 67.2 Å². The maximum atomic E-state index is 11.5. The molecule has 0 aromatic carbocycles. The molecule has 8 heteroatoms. The largest absolute Gasteiger partial charge is 0.381 e. The second-order valence-corrected chi connectivity index (χ2v) is 8.15. The average molecular weight is 331 g/mol. The van der Waals surface area contributed by atoms with E-state index in [4.69, 9.17) is 11.6 Å². The number of nitrogens with one attached hydrogen (secondary N) is 1. The van der Waals surface area contributed by atoms with Crippen LogP contribution in [-0.2, 0) is 16.6 Å². The third-order valence-electron chi connectivity index (χ3n) is 3.99. The standard InChI is InChI=1S/C13H19ClN4O2S/c1-21(19,20)18-4-2-11(3-5-18)16-12-6-10(14)8-17-9-15-7-13(12)17/h6-7,9-11,16H,2-5,8H2,1H3. The van der Waals surface area contributed by atoms with Crippen molar-refractivity contribution >= 4 is 27.3 Å². The summed E-state index contributed by atoms with van der Waals surface area (Å²) in [6, 6.07) is 0.263. The number of piperidine rings is 1. The molecule has 1 unspecified atom stereocenters. The lowest BCUT2D eigenvalue weighted by Gasteiger charge is -2.32. The summed E-state index contributed by atoms with van der Waals surface area (Å²) in [6.45, 7) is 1.86. The van der Waals surface area contributed by atoms with Gasteiger partial charge in [0.15, 0.2) is 0 Å². The maximum Gasteiger partial charge on any atom is 0.211 e. The predicted octanol–water partition coefficient (Wildman–Crippen LogP) is 0.859. The van der Waals surface area contributed by atoms with E-state index in [1.165, 1.54) is 10.6 Å². The van der Waals surface area contributed by atoms with Crippen molar-refractivity contribution in [2.24, 2.45) is 0 Å². The number of imidazole rings is 1. The van der Waals surface area contributed by atoms with E-state index in [0.29, 0.717) is 13.1 Å². The third kappa shape index (κ3) is 3.25. The smallest absolute Gasteiger partial charge is 0.211 e. The quantitative estimate of drug-likeness (QED) is 0.835. The van der Waals surface area contributed by atoms with Crippen LogP contribution in [0.3, 0.4) is 0 Å². The van der Waals surface area contributed by atoms with E-state index in [2.05, 4.69) is 10.3 Å². The molecule has 116 valence electrons. The van der Waals surface area contributed by atoms with Crippen molar-refractivity contribution in [2.75, 3.05) is 19.3 Å². The summed E-state index contributed by atoms with van der Waals surface area (Å²) in [4.78, 5) is 4.16. The summed E-state index contributed by atoms with van der Waals surface area (Å²) < 4.78 is 26.6. The van der Waals surface area contributed by atoms with Crippen molar-refractivity contribution in [1.29, 1.82) is 0 Å². The number of nitrogens with zero attached hydrogens (tertiary/aromatic N) is 3. The minimum Gasteiger partial charge on any atom is -0.381 e. The third-order valence-corrected chi connectivity index (χ3v) is 5.56. The van der Waals surface area contributed by atoms with Crippen molar-refractivity contribution in [1.82, 2.24) is 19.2 Å². The van der Waals surface area contributed by atoms with Gasteiger partial charge in [-0.3, -0.25) is 0 Å². The highest BCUT2D eigenvalue weighted by Crippen LogP contribution is 2.23. The Morgan fingerprint density at radius 2 is 2.10 bits per heavy atom. The molecule has 3 rings (SSSR count). The number of fused-ring (bicyclic) bond motifs is 1. The van der Waals surface area contributed by atoms with Gasteiger partial charge in [-0.2, -0.15) is 0 Å². The van der Waals surface area contributed by atoms with E-state index in [1.807, 2.05) is 16.8 Å². The highest BCUT2D eigenvalue weighted by molar-refractivity contribution is 7.88. The molecule has 2 aliphatic rings. The van der Waals surface area contributed by atoms with Crippen LogP contribution in [0, 0.1) is 0 Å². The Morgan fingerprint density at radius 1 is 1.38 bits per heavy atom. The highest BCUT2D eigenvalue weighted by Gasteiger charge is 2.26. The van der Waals surface area contributed by atoms with Crippen LogP contribution in [0.25, 0.3) is 5.70 Å². The molecule has 0 radical (unpaired) electrons. The molecular weight excluding hydrogens is 312 g/mol. The number of alkyl halides is 1. The van der Waals surface area contributed by atoms with E-state index in [1.54, 1.807) is 6.33 Å². The van der Waals surface area contributed by atoms with Gasteiger partial charge in [0.25, 0.3) is 0 Å². The molecule has 3 heterocycles. The van der Waals surface area contributed by atoms with Crippen LogP contribution in [0.4, 0.5) is 0 Å². The summed E-state index contributed by atoms with van der Waals surface area (Å²) in [5.74, 6) is 0. The van der Waals surface area contributed by atoms with E-state index < -0.39 is 10.0 Å². The molecule has 1 atom stereocenters. The van der Waals surface area contributed by atoms with Crippen LogP contribution in [0.2, 0.25) is 0 Å². The van der Waals surface area contributed by atoms with Gasteiger partial charge in [0.2, 0.25) is 10.0 Å². The number of hydrogen-bond acceptors (Lipinski definition) is 4. The molecule has 6 nitrogen and oxygen atoms in total. The van der Waals surface area contributed by atoms with E-state index in [-0.39, 0.29) is 11.4 Å². The van der Waals surface area contributed by atoms with Crippen molar-refractivity contribution in [3.8, 4) is 0 Å². The number of rotatable bonds is 3. The summed E-state index contributed by atoms with van der Waals surface area (Å²) in [5, 5.41) is 3.45. The molecule has 1 saturated heterocycles. The summed E-state index contributed by atoms with van der Waals surface area (Å²) in [6.07, 6.45) is 8.48. The number of hydrogen-bond donors (Lipinski definition) is 1. The van der Waals surface area contributed by atoms with Crippen LogP contribution in [0.5, 0.6) is 0 Å². The Labute approximate surface area is 129 Å². The SMILES string of the molecule is CS(=O)(=O)N1CCC(NC2=CC(Cl)Cn3cncc32)CC1. The molecule has 0 amide bonds. The van der Waals surface area contributed by atoms with Crippen molar-refractivity contribution in [3.63, 3.8) is 0 Å². The van der Waals surface area contributed by atoms with Gasteiger partial charge in [0, 0.05) is 25.7 Å². The van der Waals surface area contributed by atoms with Crippen LogP contribution in [-0.4, -0.2) is 53.0 Å². The first kappa shape index (κ1) is 14.9. The molecule has 1 aromatic heterocycles. The number of allylic oxidation sites excluding steroid dienone is 1. The molecule has 1 N–H and O–H groups in total. The fourth-order valence-electron chi connectivity index (χ4n) is 2.87. The molecule has 0 aliphatic carbocycles. The summed E-state index contributed by atoms with van der Waals surface area (Å²) >= 11 is 6.24. The average Bonchev–Trinajstić information content (AvgIpc) is 2.86. The Bertz CT molecular complexity index is 647. The Balaban J connectivity index is 1.66. The lowest BCUT2D eigenvalue weighted by molar-refractivity contribution is 0.306. The fraction of sp³-hybridized carbons (Fsp3) is 0.615. The zero-order valence-electron chi connectivity index (χ0n) is 11.9. The van der Waals surface area contributed by atoms with Crippen molar-refractivity contribution < 1.29 is 8.42 Å². The summed E-state index contributed by atoms with van der Waals surface area (Å²) in [7, 11) is -3.08. The zero-order chi connectivity index (χ0) is 15.0. The lowest BCUT2D eigenvalue weighted by atomic mass is 10.1. The summed E-state index contributed by atoms with van der Waals surface area (Å²) in [5.41, 5.74) is 2.04. The number of sulfonamides is 1. The fourth-order valence-corrected chi connectivity index (χ4v) is 4.02. The molecule has 1 fully saturated rings. The zero-order valence-corrected chi connectivity index (χ0v) is 13.4. The second-order valence-electron chi connectivity index (χ2n) is 5.61. The van der Waals surface area contributed by atoms with Gasteiger partial charge in [-0.1, -0.05) is 0 Å². The predicted molar refractivity (Wildman–Crippen MR) is 82.4 cm³/mol. The van der Waals surface area contributed by atoms with Crippen LogP contribution >= 0.6 is 11.6 Å². The Kier molecular flexibility index (Phi) is 3.98. The minimum atomic E-state index is -3.08. The Morgan fingerprint density at radius 3 is 2.76 bits per heavy atom. The first-order chi connectivity index (χ1) is 9.93. The maximum absolute atomic E-state index is 11.5. The van der Waals surface area contributed by atoms with Gasteiger partial charge in [-0.15, -0.1) is 11.6 Å². The lowest BCUT2D eigenvalue weighted by Crippen LogP contribution is -2.44. The molecule has 2 aliphatic heterocycles. The molecule has 0 spiro atoms. The normalized spacial score (nSPS) is 24.5. The van der Waals surface area contributed by atoms with Crippen molar-refractivity contribution in [2.45, 2.75) is 30.8 Å². The van der Waals surface area contributed by atoms with Gasteiger partial charge in [0.05, 0.1) is 35.5 Å². The van der Waals surface area contributed by atoms with Gasteiger partial charge in [-0.25, -0.2) is 17.7 Å². The van der Waals surface area contributed by atoms with Crippen molar-refractivity contribution in [3.05, 3.63) is 24.3 Å². The molecular formula is C13H19ClN4O2S. The Hall–Kier alpha value is -1.05. The van der Waals surface area contributed by atoms with Gasteiger partial charge in [0.1, 0.15) is 0 Å². The van der Waals surface area contributed by atoms with Crippen LogP contribution in [0.1, 0.15) is 18.5 Å². The second kappa shape index (κ2) is 5.62. The molecule has 0 bridgehead atoms. The minimum absolute atomic E-state index is 0.0506. The monoisotopic (exact) mass is 330 g/mol. The molecule has 1 aromatic rings. The van der Waals surface area contributed by atoms with Crippen LogP contribution in [0.15, 0.2) is 18.6 Å². The first-order valence-electron chi connectivity index (χ1n) is 7.01. The van der Waals surface area contributed by atoms with Gasteiger partial charge >= 0.3 is 0 Å². The molecule has 0 saturated carbocycles. The van der Waals surface area contributed by atoms with E-state index >= 15 is 0 Å². The van der Waals surface area contributed by atoms with E-state index in [9.17, 15) is 8.42 Å². The number of halogens is 1. The van der Waals surface area contributed by atoms with Crippen LogP contribution < -0.4 is 5.32 Å². The molecule has 21 heavy (non-hydrogen) atoms. The first-order valence-corrected chi connectivity index (χ1v) is 9.30. The van der Waals surface area contributed by atoms with Gasteiger partial charge in [-0.05, 0) is 18.9 Å². The number of aromatic nitrogens is 2. The van der Waals surface area contributed by atoms with E-state index in [0.717, 1.165) is 30.8 Å². The highest BCUT2D eigenvalue weighted by atomic mass is 35.5.